The normalized spacial score (nSPS) is 16.5. The fourth-order valence-electron chi connectivity index (χ4n) is 5.00. The van der Waals surface area contributed by atoms with Gasteiger partial charge in [0.05, 0.1) is 5.41 Å². The van der Waals surface area contributed by atoms with Gasteiger partial charge in [-0.1, -0.05) is 68.8 Å². The smallest absolute Gasteiger partial charge is 0.407 e. The lowest BCUT2D eigenvalue weighted by molar-refractivity contribution is -0.154. The zero-order chi connectivity index (χ0) is 25.0. The number of fused-ring (bicyclic) bond motifs is 3. The van der Waals surface area contributed by atoms with Crippen LogP contribution in [0.5, 0.6) is 0 Å². The van der Waals surface area contributed by atoms with E-state index in [0.29, 0.717) is 25.2 Å². The predicted molar refractivity (Wildman–Crippen MR) is 133 cm³/mol. The molecule has 1 fully saturated rings. The molecule has 186 valence electrons. The summed E-state index contributed by atoms with van der Waals surface area (Å²) >= 11 is 0. The number of ether oxygens (including phenoxy) is 1. The molecular weight excluding hydrogens is 444 g/mol. The number of amides is 2. The number of benzene rings is 2. The average molecular weight is 479 g/mol. The van der Waals surface area contributed by atoms with Crippen molar-refractivity contribution in [3.8, 4) is 11.1 Å². The van der Waals surface area contributed by atoms with Gasteiger partial charge in [0.15, 0.2) is 0 Å². The first-order chi connectivity index (χ1) is 16.8. The van der Waals surface area contributed by atoms with Crippen LogP contribution in [0, 0.1) is 11.3 Å². The Balaban J connectivity index is 1.38. The molecule has 2 aromatic rings. The fraction of sp³-hybridized carbons (Fsp3) is 0.464. The van der Waals surface area contributed by atoms with E-state index >= 15 is 0 Å². The van der Waals surface area contributed by atoms with Gasteiger partial charge in [0.1, 0.15) is 12.6 Å². The van der Waals surface area contributed by atoms with E-state index in [2.05, 4.69) is 48.7 Å². The van der Waals surface area contributed by atoms with Gasteiger partial charge in [-0.2, -0.15) is 0 Å². The summed E-state index contributed by atoms with van der Waals surface area (Å²) in [6.45, 7) is 4.35. The molecule has 0 bridgehead atoms. The second-order valence-corrected chi connectivity index (χ2v) is 10.2. The largest absolute Gasteiger partial charge is 0.481 e. The lowest BCUT2D eigenvalue weighted by Gasteiger charge is -2.37. The van der Waals surface area contributed by atoms with Crippen LogP contribution in [0.1, 0.15) is 63.0 Å². The summed E-state index contributed by atoms with van der Waals surface area (Å²) in [6.07, 6.45) is 2.50. The van der Waals surface area contributed by atoms with E-state index in [0.717, 1.165) is 35.1 Å². The minimum Gasteiger partial charge on any atom is -0.481 e. The van der Waals surface area contributed by atoms with Crippen LogP contribution in [-0.4, -0.2) is 42.3 Å². The van der Waals surface area contributed by atoms with Crippen LogP contribution >= 0.6 is 0 Å². The number of hydrogen-bond donors (Lipinski definition) is 3. The maximum Gasteiger partial charge on any atom is 0.407 e. The van der Waals surface area contributed by atoms with Gasteiger partial charge >= 0.3 is 12.1 Å². The lowest BCUT2D eigenvalue weighted by Crippen LogP contribution is -2.53. The van der Waals surface area contributed by atoms with Crippen molar-refractivity contribution >= 4 is 18.0 Å². The summed E-state index contributed by atoms with van der Waals surface area (Å²) in [5.41, 5.74) is 3.65. The number of carboxylic acids is 1. The van der Waals surface area contributed by atoms with Crippen LogP contribution in [0.4, 0.5) is 4.79 Å². The molecule has 2 amide bonds. The first-order valence-corrected chi connectivity index (χ1v) is 12.4. The minimum atomic E-state index is -0.887. The van der Waals surface area contributed by atoms with Crippen LogP contribution < -0.4 is 10.6 Å². The molecule has 0 heterocycles. The molecule has 0 radical (unpaired) electrons. The number of nitrogens with one attached hydrogen (secondary N) is 2. The van der Waals surface area contributed by atoms with Crippen molar-refractivity contribution in [2.45, 2.75) is 57.9 Å². The third-order valence-corrected chi connectivity index (χ3v) is 7.35. The van der Waals surface area contributed by atoms with E-state index in [9.17, 15) is 19.5 Å². The maximum atomic E-state index is 12.9. The fourth-order valence-corrected chi connectivity index (χ4v) is 5.00. The first-order valence-electron chi connectivity index (χ1n) is 12.4. The Morgan fingerprint density at radius 3 is 2.11 bits per heavy atom. The lowest BCUT2D eigenvalue weighted by atomic mass is 9.69. The van der Waals surface area contributed by atoms with Crippen LogP contribution in [0.3, 0.4) is 0 Å². The molecule has 7 heteroatoms. The molecule has 0 aliphatic heterocycles. The number of carbonyl (C=O) groups is 3. The number of hydrogen-bond acceptors (Lipinski definition) is 4. The molecule has 1 unspecified atom stereocenters. The molecule has 3 N–H and O–H groups in total. The van der Waals surface area contributed by atoms with Gasteiger partial charge in [-0.05, 0) is 53.9 Å². The predicted octanol–water partition coefficient (Wildman–Crippen LogP) is 4.70. The molecule has 7 nitrogen and oxygen atoms in total. The van der Waals surface area contributed by atoms with Crippen molar-refractivity contribution in [1.29, 1.82) is 0 Å². The molecule has 4 rings (SSSR count). The maximum absolute atomic E-state index is 12.9. The standard InChI is InChI=1S/C28H34N2O5/c1-18(2)12-13-24(25(31)29-17-28(26(32)33)14-7-15-28)30-27(34)35-16-23-21-10-5-3-8-19(21)20-9-4-6-11-22(20)23/h3-6,8-11,18,23-24H,7,12-17H2,1-2H3,(H,29,31)(H,30,34)(H,32,33). The Morgan fingerprint density at radius 1 is 1.00 bits per heavy atom. The quantitative estimate of drug-likeness (QED) is 0.459. The molecule has 1 saturated carbocycles. The van der Waals surface area contributed by atoms with Gasteiger partial charge in [0.2, 0.25) is 5.91 Å². The Kier molecular flexibility index (Phi) is 7.43. The number of rotatable bonds is 10. The monoisotopic (exact) mass is 478 g/mol. The summed E-state index contributed by atoms with van der Waals surface area (Å²) in [4.78, 5) is 37.3. The highest BCUT2D eigenvalue weighted by atomic mass is 16.5. The molecule has 35 heavy (non-hydrogen) atoms. The SMILES string of the molecule is CC(C)CCC(NC(=O)OCC1c2ccccc2-c2ccccc21)C(=O)NCC1(C(=O)O)CCC1. The van der Waals surface area contributed by atoms with E-state index in [1.54, 1.807) is 0 Å². The molecule has 0 aromatic heterocycles. The van der Waals surface area contributed by atoms with Gasteiger partial charge < -0.3 is 20.5 Å². The van der Waals surface area contributed by atoms with E-state index in [1.807, 2.05) is 24.3 Å². The molecule has 2 aromatic carbocycles. The van der Waals surface area contributed by atoms with Crippen LogP contribution in [0.2, 0.25) is 0 Å². The van der Waals surface area contributed by atoms with Gasteiger partial charge in [0.25, 0.3) is 0 Å². The second-order valence-electron chi connectivity index (χ2n) is 10.2. The number of alkyl carbamates (subject to hydrolysis) is 1. The Morgan fingerprint density at radius 2 is 1.60 bits per heavy atom. The van der Waals surface area contributed by atoms with Gasteiger partial charge in [0, 0.05) is 12.5 Å². The Labute approximate surface area is 206 Å². The van der Waals surface area contributed by atoms with Crippen molar-refractivity contribution < 1.29 is 24.2 Å². The first kappa shape index (κ1) is 24.8. The van der Waals surface area contributed by atoms with Crippen LogP contribution in [0.15, 0.2) is 48.5 Å². The van der Waals surface area contributed by atoms with Crippen molar-refractivity contribution in [2.75, 3.05) is 13.2 Å². The molecule has 2 aliphatic carbocycles. The summed E-state index contributed by atoms with van der Waals surface area (Å²) in [6, 6.07) is 15.4. The average Bonchev–Trinajstić information content (AvgIpc) is 3.13. The highest BCUT2D eigenvalue weighted by molar-refractivity contribution is 5.86. The summed E-state index contributed by atoms with van der Waals surface area (Å²) < 4.78 is 5.62. The molecule has 2 aliphatic rings. The van der Waals surface area contributed by atoms with Crippen molar-refractivity contribution in [3.63, 3.8) is 0 Å². The van der Waals surface area contributed by atoms with E-state index in [4.69, 9.17) is 4.74 Å². The Hall–Kier alpha value is -3.35. The zero-order valence-corrected chi connectivity index (χ0v) is 20.4. The molecule has 0 saturated heterocycles. The van der Waals surface area contributed by atoms with Crippen LogP contribution in [0.25, 0.3) is 11.1 Å². The number of carboxylic acid groups (broad SMARTS) is 1. The van der Waals surface area contributed by atoms with Gasteiger partial charge in [-0.25, -0.2) is 4.79 Å². The topological polar surface area (TPSA) is 105 Å². The van der Waals surface area contributed by atoms with Crippen molar-refractivity contribution in [1.82, 2.24) is 10.6 Å². The highest BCUT2D eigenvalue weighted by Crippen LogP contribution is 2.44. The van der Waals surface area contributed by atoms with E-state index in [1.165, 1.54) is 0 Å². The van der Waals surface area contributed by atoms with Gasteiger partial charge in [-0.3, -0.25) is 9.59 Å². The number of carbonyl (C=O) groups excluding carboxylic acids is 2. The van der Waals surface area contributed by atoms with Gasteiger partial charge in [-0.15, -0.1) is 0 Å². The highest BCUT2D eigenvalue weighted by Gasteiger charge is 2.44. The van der Waals surface area contributed by atoms with E-state index in [-0.39, 0.29) is 25.0 Å². The molecule has 1 atom stereocenters. The summed E-state index contributed by atoms with van der Waals surface area (Å²) in [5.74, 6) is -0.962. The second kappa shape index (κ2) is 10.5. The summed E-state index contributed by atoms with van der Waals surface area (Å²) in [7, 11) is 0. The third kappa shape index (κ3) is 5.34. The zero-order valence-electron chi connectivity index (χ0n) is 20.4. The third-order valence-electron chi connectivity index (χ3n) is 7.35. The van der Waals surface area contributed by atoms with E-state index < -0.39 is 23.5 Å². The number of aliphatic carboxylic acids is 1. The Bertz CT molecular complexity index is 1050. The van der Waals surface area contributed by atoms with Crippen molar-refractivity contribution in [2.24, 2.45) is 11.3 Å². The summed E-state index contributed by atoms with van der Waals surface area (Å²) in [5, 5.41) is 15.0. The van der Waals surface area contributed by atoms with Crippen molar-refractivity contribution in [3.05, 3.63) is 59.7 Å². The minimum absolute atomic E-state index is 0.0647. The molecular formula is C28H34N2O5. The molecule has 0 spiro atoms. The van der Waals surface area contributed by atoms with Crippen LogP contribution in [-0.2, 0) is 14.3 Å².